The quantitative estimate of drug-likeness (QED) is 0.175. The molecule has 42 heavy (non-hydrogen) atoms. The van der Waals surface area contributed by atoms with E-state index in [9.17, 15) is 32.8 Å². The van der Waals surface area contributed by atoms with Crippen LogP contribution in [-0.4, -0.2) is 37.2 Å². The van der Waals surface area contributed by atoms with E-state index in [1.54, 1.807) is 30.3 Å². The summed E-state index contributed by atoms with van der Waals surface area (Å²) in [7, 11) is -3.24. The highest BCUT2D eigenvalue weighted by molar-refractivity contribution is 7.85. The van der Waals surface area contributed by atoms with Crippen molar-refractivity contribution >= 4 is 56.2 Å². The van der Waals surface area contributed by atoms with E-state index in [1.807, 2.05) is 0 Å². The SMILES string of the molecule is COc1cc(N=Nc2cccc(S(=O)(=O)[O-])c2)ccc1NC(=O)Nc1ccc(N=Nc2ccc(O)c(C(=O)[O-])c2)cc1. The molecule has 0 saturated heterocycles. The van der Waals surface area contributed by atoms with Gasteiger partial charge in [0, 0.05) is 17.3 Å². The van der Waals surface area contributed by atoms with Crippen molar-refractivity contribution in [3.8, 4) is 11.5 Å². The number of carboxylic acid groups (broad SMARTS) is 1. The van der Waals surface area contributed by atoms with Crippen LogP contribution in [0.3, 0.4) is 0 Å². The van der Waals surface area contributed by atoms with Gasteiger partial charge in [-0.2, -0.15) is 20.5 Å². The van der Waals surface area contributed by atoms with Gasteiger partial charge < -0.3 is 34.9 Å². The van der Waals surface area contributed by atoms with Crippen LogP contribution in [0.25, 0.3) is 0 Å². The largest absolute Gasteiger partial charge is 0.744 e. The maximum absolute atomic E-state index is 12.6. The van der Waals surface area contributed by atoms with Gasteiger partial charge in [0.15, 0.2) is 0 Å². The molecule has 0 aliphatic rings. The lowest BCUT2D eigenvalue weighted by atomic mass is 10.2. The Bertz CT molecular complexity index is 1810. The smallest absolute Gasteiger partial charge is 0.323 e. The minimum absolute atomic E-state index is 0.158. The summed E-state index contributed by atoms with van der Waals surface area (Å²) in [5.74, 6) is -1.72. The maximum atomic E-state index is 12.6. The van der Waals surface area contributed by atoms with Crippen LogP contribution in [0, 0.1) is 0 Å². The summed E-state index contributed by atoms with van der Waals surface area (Å²) in [6, 6.07) is 19.1. The van der Waals surface area contributed by atoms with Crippen molar-refractivity contribution < 1.29 is 37.5 Å². The lowest BCUT2D eigenvalue weighted by Crippen LogP contribution is -2.22. The predicted molar refractivity (Wildman–Crippen MR) is 147 cm³/mol. The van der Waals surface area contributed by atoms with Crippen molar-refractivity contribution in [2.24, 2.45) is 20.5 Å². The molecular weight excluding hydrogens is 568 g/mol. The number of azo groups is 2. The number of hydrogen-bond acceptors (Lipinski definition) is 12. The minimum Gasteiger partial charge on any atom is -0.744 e. The number of aromatic carboxylic acids is 1. The third-order valence-corrected chi connectivity index (χ3v) is 6.26. The predicted octanol–water partition coefficient (Wildman–Crippen LogP) is 5.14. The van der Waals surface area contributed by atoms with E-state index < -0.39 is 38.3 Å². The Morgan fingerprint density at radius 1 is 0.786 bits per heavy atom. The summed E-state index contributed by atoms with van der Waals surface area (Å²) in [6.07, 6.45) is 0. The van der Waals surface area contributed by atoms with Gasteiger partial charge in [0.1, 0.15) is 21.6 Å². The van der Waals surface area contributed by atoms with Crippen molar-refractivity contribution in [3.63, 3.8) is 0 Å². The van der Waals surface area contributed by atoms with Crippen LogP contribution in [-0.2, 0) is 10.1 Å². The Hall–Kier alpha value is -5.67. The molecule has 0 atom stereocenters. The number of carbonyl (C=O) groups excluding carboxylic acids is 2. The van der Waals surface area contributed by atoms with Gasteiger partial charge in [-0.1, -0.05) is 6.07 Å². The second kappa shape index (κ2) is 12.7. The molecule has 0 fully saturated rings. The Labute approximate surface area is 238 Å². The average Bonchev–Trinajstić information content (AvgIpc) is 2.96. The average molecular weight is 589 g/mol. The number of benzene rings is 4. The minimum atomic E-state index is -4.63. The normalized spacial score (nSPS) is 11.5. The highest BCUT2D eigenvalue weighted by Gasteiger charge is 2.10. The molecule has 0 bridgehead atoms. The molecule has 4 aromatic rings. The van der Waals surface area contributed by atoms with Crippen LogP contribution in [0.5, 0.6) is 11.5 Å². The lowest BCUT2D eigenvalue weighted by molar-refractivity contribution is -0.255. The molecule has 3 N–H and O–H groups in total. The Balaban J connectivity index is 1.38. The molecule has 0 aromatic heterocycles. The van der Waals surface area contributed by atoms with Gasteiger partial charge in [-0.3, -0.25) is 0 Å². The van der Waals surface area contributed by atoms with E-state index >= 15 is 0 Å². The van der Waals surface area contributed by atoms with Gasteiger partial charge in [0.2, 0.25) is 0 Å². The fourth-order valence-electron chi connectivity index (χ4n) is 3.42. The number of nitrogens with zero attached hydrogens (tertiary/aromatic N) is 4. The topological polar surface area (TPSA) is 217 Å². The maximum Gasteiger partial charge on any atom is 0.323 e. The van der Waals surface area contributed by atoms with Crippen LogP contribution in [0.1, 0.15) is 10.4 Å². The number of anilines is 2. The fourth-order valence-corrected chi connectivity index (χ4v) is 3.93. The van der Waals surface area contributed by atoms with Crippen LogP contribution in [0.15, 0.2) is 110 Å². The summed E-state index contributed by atoms with van der Waals surface area (Å²) >= 11 is 0. The first-order valence-electron chi connectivity index (χ1n) is 11.8. The summed E-state index contributed by atoms with van der Waals surface area (Å²) in [6.45, 7) is 0. The van der Waals surface area contributed by atoms with E-state index in [1.165, 1.54) is 43.5 Å². The molecule has 0 aliphatic carbocycles. The molecular formula is C27H20N6O8S-2. The fraction of sp³-hybridized carbons (Fsp3) is 0.0370. The number of ether oxygens (including phenoxy) is 1. The zero-order chi connectivity index (χ0) is 30.3. The molecule has 15 heteroatoms. The summed E-state index contributed by atoms with van der Waals surface area (Å²) in [5.41, 5.74) is 1.45. The zero-order valence-corrected chi connectivity index (χ0v) is 22.4. The highest BCUT2D eigenvalue weighted by Crippen LogP contribution is 2.31. The lowest BCUT2D eigenvalue weighted by Gasteiger charge is -2.12. The molecule has 0 aliphatic heterocycles. The monoisotopic (exact) mass is 588 g/mol. The first-order valence-corrected chi connectivity index (χ1v) is 13.2. The van der Waals surface area contributed by atoms with Gasteiger partial charge in [-0.15, -0.1) is 0 Å². The number of carboxylic acids is 1. The molecule has 4 rings (SSSR count). The number of nitrogens with one attached hydrogen (secondary N) is 2. The van der Waals surface area contributed by atoms with Gasteiger partial charge in [0.05, 0.1) is 46.4 Å². The molecule has 14 nitrogen and oxygen atoms in total. The van der Waals surface area contributed by atoms with Gasteiger partial charge >= 0.3 is 6.03 Å². The third-order valence-electron chi connectivity index (χ3n) is 5.43. The van der Waals surface area contributed by atoms with Crippen molar-refractivity contribution in [2.75, 3.05) is 17.7 Å². The van der Waals surface area contributed by atoms with Crippen molar-refractivity contribution in [1.82, 2.24) is 0 Å². The third kappa shape index (κ3) is 7.71. The van der Waals surface area contributed by atoms with Crippen LogP contribution in [0.4, 0.5) is 38.9 Å². The Morgan fingerprint density at radius 3 is 2.02 bits per heavy atom. The van der Waals surface area contributed by atoms with Gasteiger partial charge in [0.25, 0.3) is 0 Å². The molecule has 0 heterocycles. The van der Waals surface area contributed by atoms with E-state index in [2.05, 4.69) is 31.1 Å². The molecule has 0 spiro atoms. The summed E-state index contributed by atoms with van der Waals surface area (Å²) in [5, 5.41) is 41.8. The van der Waals surface area contributed by atoms with Crippen LogP contribution < -0.4 is 20.5 Å². The first-order chi connectivity index (χ1) is 20.0. The number of amides is 2. The number of hydrogen-bond donors (Lipinski definition) is 3. The standard InChI is InChI=1S/C27H22N6O8S/c1-41-25-15-20(33-31-18-3-2-4-21(13-18)42(38,39)40)9-11-23(25)29-27(37)28-16-5-7-17(8-6-16)30-32-19-10-12-24(34)22(14-19)26(35)36/h2-15,34H,1H3,(H,35,36)(H2,28,29,37)(H,38,39,40)/p-2. The van der Waals surface area contributed by atoms with Crippen molar-refractivity contribution in [3.05, 3.63) is 90.5 Å². The van der Waals surface area contributed by atoms with Crippen LogP contribution in [0.2, 0.25) is 0 Å². The molecule has 2 amide bonds. The summed E-state index contributed by atoms with van der Waals surface area (Å²) < 4.78 is 38.9. The Morgan fingerprint density at radius 2 is 1.38 bits per heavy atom. The second-order valence-corrected chi connectivity index (χ2v) is 9.73. The van der Waals surface area contributed by atoms with Gasteiger partial charge in [-0.25, -0.2) is 13.2 Å². The van der Waals surface area contributed by atoms with E-state index in [0.717, 1.165) is 18.2 Å². The van der Waals surface area contributed by atoms with E-state index in [0.29, 0.717) is 22.7 Å². The van der Waals surface area contributed by atoms with Crippen molar-refractivity contribution in [2.45, 2.75) is 4.90 Å². The number of methoxy groups -OCH3 is 1. The number of phenols is 1. The molecule has 0 unspecified atom stereocenters. The highest BCUT2D eigenvalue weighted by atomic mass is 32.2. The van der Waals surface area contributed by atoms with E-state index in [-0.39, 0.29) is 17.1 Å². The molecule has 0 radical (unpaired) electrons. The van der Waals surface area contributed by atoms with Gasteiger partial charge in [-0.05, 0) is 72.8 Å². The Kier molecular flexibility index (Phi) is 8.84. The van der Waals surface area contributed by atoms with Crippen molar-refractivity contribution in [1.29, 1.82) is 0 Å². The number of urea groups is 1. The number of aromatic hydroxyl groups is 1. The van der Waals surface area contributed by atoms with E-state index in [4.69, 9.17) is 4.74 Å². The number of carbonyl (C=O) groups is 2. The van der Waals surface area contributed by atoms with Crippen LogP contribution >= 0.6 is 0 Å². The molecule has 214 valence electrons. The molecule has 0 saturated carbocycles. The first kappa shape index (κ1) is 29.3. The molecule has 4 aromatic carbocycles. The summed E-state index contributed by atoms with van der Waals surface area (Å²) in [4.78, 5) is 23.2. The number of rotatable bonds is 9. The zero-order valence-electron chi connectivity index (χ0n) is 21.6. The second-order valence-electron chi connectivity index (χ2n) is 8.35.